The van der Waals surface area contributed by atoms with Crippen molar-refractivity contribution in [2.24, 2.45) is 5.41 Å². The highest BCUT2D eigenvalue weighted by Gasteiger charge is 2.34. The lowest BCUT2D eigenvalue weighted by atomic mass is 9.78. The monoisotopic (exact) mass is 297 g/mol. The van der Waals surface area contributed by atoms with Gasteiger partial charge in [-0.05, 0) is 24.0 Å². The lowest BCUT2D eigenvalue weighted by Gasteiger charge is -2.26. The van der Waals surface area contributed by atoms with Crippen LogP contribution in [0.3, 0.4) is 0 Å². The lowest BCUT2D eigenvalue weighted by molar-refractivity contribution is 0.0916. The average Bonchev–Trinajstić information content (AvgIpc) is 2.82. The standard InChI is InChI=1S/C13H12ClNOS2/c1-13(2)5-7-11(8(16)6-13)18-12(15-7)9-3-4-10(14)17-9/h3-4H,5-6H2,1-2H3. The van der Waals surface area contributed by atoms with E-state index in [-0.39, 0.29) is 11.2 Å². The first-order valence-corrected chi connectivity index (χ1v) is 7.74. The predicted octanol–water partition coefficient (Wildman–Crippen LogP) is 4.68. The minimum atomic E-state index is 0.0303. The predicted molar refractivity (Wildman–Crippen MR) is 76.9 cm³/mol. The number of thiophene rings is 1. The summed E-state index contributed by atoms with van der Waals surface area (Å²) >= 11 is 8.95. The Morgan fingerprint density at radius 3 is 2.72 bits per heavy atom. The normalized spacial score (nSPS) is 17.8. The van der Waals surface area contributed by atoms with Gasteiger partial charge < -0.3 is 0 Å². The van der Waals surface area contributed by atoms with Crippen molar-refractivity contribution in [3.63, 3.8) is 0 Å². The molecule has 0 bridgehead atoms. The van der Waals surface area contributed by atoms with Crippen LogP contribution < -0.4 is 0 Å². The van der Waals surface area contributed by atoms with Crippen LogP contribution in [0.2, 0.25) is 4.34 Å². The summed E-state index contributed by atoms with van der Waals surface area (Å²) in [5.41, 5.74) is 0.989. The molecule has 18 heavy (non-hydrogen) atoms. The van der Waals surface area contributed by atoms with Crippen LogP contribution in [-0.2, 0) is 6.42 Å². The molecule has 0 aromatic carbocycles. The average molecular weight is 298 g/mol. The number of rotatable bonds is 1. The molecule has 3 rings (SSSR count). The van der Waals surface area contributed by atoms with Crippen LogP contribution in [0.25, 0.3) is 9.88 Å². The van der Waals surface area contributed by atoms with Gasteiger partial charge in [-0.15, -0.1) is 22.7 Å². The van der Waals surface area contributed by atoms with E-state index in [2.05, 4.69) is 18.8 Å². The zero-order valence-corrected chi connectivity index (χ0v) is 12.5. The summed E-state index contributed by atoms with van der Waals surface area (Å²) in [4.78, 5) is 18.6. The molecule has 2 nitrogen and oxygen atoms in total. The first kappa shape index (κ1) is 12.3. The second-order valence-electron chi connectivity index (χ2n) is 5.34. The molecule has 2 aromatic rings. The minimum absolute atomic E-state index is 0.0303. The molecular formula is C13H12ClNOS2. The number of halogens is 1. The molecule has 2 heterocycles. The van der Waals surface area contributed by atoms with E-state index in [1.54, 1.807) is 0 Å². The number of carbonyl (C=O) groups excluding carboxylic acids is 1. The Morgan fingerprint density at radius 1 is 1.28 bits per heavy atom. The summed E-state index contributed by atoms with van der Waals surface area (Å²) in [6.45, 7) is 4.24. The van der Waals surface area contributed by atoms with Gasteiger partial charge in [0.25, 0.3) is 0 Å². The fraction of sp³-hybridized carbons (Fsp3) is 0.385. The van der Waals surface area contributed by atoms with Crippen LogP contribution in [0.15, 0.2) is 12.1 Å². The second kappa shape index (κ2) is 4.15. The summed E-state index contributed by atoms with van der Waals surface area (Å²) in [5, 5.41) is 0.919. The number of ketones is 1. The van der Waals surface area contributed by atoms with Crippen LogP contribution in [0, 0.1) is 5.41 Å². The molecule has 0 N–H and O–H groups in total. The fourth-order valence-corrected chi connectivity index (χ4v) is 4.37. The SMILES string of the molecule is CC1(C)CC(=O)c2sc(-c3ccc(Cl)s3)nc2C1. The quantitative estimate of drug-likeness (QED) is 0.765. The Bertz CT molecular complexity index is 627. The molecule has 94 valence electrons. The number of aromatic nitrogens is 1. The highest BCUT2D eigenvalue weighted by atomic mass is 35.5. The molecular weight excluding hydrogens is 286 g/mol. The summed E-state index contributed by atoms with van der Waals surface area (Å²) < 4.78 is 0.754. The molecule has 0 radical (unpaired) electrons. The Morgan fingerprint density at radius 2 is 2.06 bits per heavy atom. The van der Waals surface area contributed by atoms with Crippen molar-refractivity contribution in [1.29, 1.82) is 0 Å². The van der Waals surface area contributed by atoms with Gasteiger partial charge in [0.15, 0.2) is 5.78 Å². The summed E-state index contributed by atoms with van der Waals surface area (Å²) in [6, 6.07) is 3.83. The molecule has 0 atom stereocenters. The van der Waals surface area contributed by atoms with E-state index in [4.69, 9.17) is 11.6 Å². The Hall–Kier alpha value is -0.710. The van der Waals surface area contributed by atoms with Crippen molar-refractivity contribution < 1.29 is 4.79 Å². The maximum Gasteiger partial charge on any atom is 0.175 e. The molecule has 1 aliphatic rings. The van der Waals surface area contributed by atoms with Crippen LogP contribution in [0.5, 0.6) is 0 Å². The van der Waals surface area contributed by atoms with E-state index >= 15 is 0 Å². The van der Waals surface area contributed by atoms with E-state index in [1.165, 1.54) is 22.7 Å². The molecule has 1 aliphatic carbocycles. The topological polar surface area (TPSA) is 30.0 Å². The zero-order valence-electron chi connectivity index (χ0n) is 10.1. The smallest absolute Gasteiger partial charge is 0.175 e. The summed E-state index contributed by atoms with van der Waals surface area (Å²) in [5.74, 6) is 0.229. The van der Waals surface area contributed by atoms with E-state index in [1.807, 2.05) is 12.1 Å². The lowest BCUT2D eigenvalue weighted by Crippen LogP contribution is -2.25. The van der Waals surface area contributed by atoms with E-state index in [9.17, 15) is 4.79 Å². The first-order valence-electron chi connectivity index (χ1n) is 5.73. The maximum atomic E-state index is 12.1. The summed E-state index contributed by atoms with van der Waals surface area (Å²) in [6.07, 6.45) is 1.50. The highest BCUT2D eigenvalue weighted by Crippen LogP contribution is 2.41. The van der Waals surface area contributed by atoms with Crippen LogP contribution >= 0.6 is 34.3 Å². The number of nitrogens with zero attached hydrogens (tertiary/aromatic N) is 1. The third kappa shape index (κ3) is 2.13. The number of fused-ring (bicyclic) bond motifs is 1. The Balaban J connectivity index is 2.05. The first-order chi connectivity index (χ1) is 8.44. The van der Waals surface area contributed by atoms with Crippen molar-refractivity contribution in [2.45, 2.75) is 26.7 Å². The van der Waals surface area contributed by atoms with Crippen LogP contribution in [-0.4, -0.2) is 10.8 Å². The molecule has 0 saturated carbocycles. The second-order valence-corrected chi connectivity index (χ2v) is 8.05. The van der Waals surface area contributed by atoms with Gasteiger partial charge in [0.1, 0.15) is 5.01 Å². The minimum Gasteiger partial charge on any atom is -0.293 e. The molecule has 0 fully saturated rings. The van der Waals surface area contributed by atoms with Gasteiger partial charge in [-0.1, -0.05) is 25.4 Å². The van der Waals surface area contributed by atoms with Gasteiger partial charge in [0.05, 0.1) is 19.8 Å². The van der Waals surface area contributed by atoms with Gasteiger partial charge in [-0.25, -0.2) is 4.98 Å². The molecule has 2 aromatic heterocycles. The summed E-state index contributed by atoms with van der Waals surface area (Å²) in [7, 11) is 0. The van der Waals surface area contributed by atoms with Crippen molar-refractivity contribution in [3.8, 4) is 9.88 Å². The molecule has 0 aliphatic heterocycles. The Kier molecular flexibility index (Phi) is 2.84. The number of hydrogen-bond donors (Lipinski definition) is 0. The number of Topliss-reactive ketones (excluding diaryl/α,β-unsaturated/α-hetero) is 1. The molecule has 0 unspecified atom stereocenters. The van der Waals surface area contributed by atoms with E-state index in [0.717, 1.165) is 31.2 Å². The number of carbonyl (C=O) groups is 1. The highest BCUT2D eigenvalue weighted by molar-refractivity contribution is 7.24. The van der Waals surface area contributed by atoms with Crippen molar-refractivity contribution in [1.82, 2.24) is 4.98 Å². The van der Waals surface area contributed by atoms with Crippen molar-refractivity contribution in [3.05, 3.63) is 27.0 Å². The van der Waals surface area contributed by atoms with Gasteiger partial charge in [0.2, 0.25) is 0 Å². The third-order valence-corrected chi connectivity index (χ3v) is 5.56. The zero-order chi connectivity index (χ0) is 12.9. The van der Waals surface area contributed by atoms with Gasteiger partial charge in [-0.2, -0.15) is 0 Å². The van der Waals surface area contributed by atoms with Crippen LogP contribution in [0.1, 0.15) is 35.6 Å². The molecule has 5 heteroatoms. The Labute approximate surface area is 119 Å². The van der Waals surface area contributed by atoms with Gasteiger partial charge in [0, 0.05) is 6.42 Å². The largest absolute Gasteiger partial charge is 0.293 e. The van der Waals surface area contributed by atoms with Crippen LogP contribution in [0.4, 0.5) is 0 Å². The van der Waals surface area contributed by atoms with Gasteiger partial charge in [-0.3, -0.25) is 4.79 Å². The molecule has 0 saturated heterocycles. The van der Waals surface area contributed by atoms with E-state index in [0.29, 0.717) is 6.42 Å². The van der Waals surface area contributed by atoms with E-state index < -0.39 is 0 Å². The maximum absolute atomic E-state index is 12.1. The fourth-order valence-electron chi connectivity index (χ4n) is 2.25. The number of thiazole rings is 1. The van der Waals surface area contributed by atoms with Gasteiger partial charge >= 0.3 is 0 Å². The molecule has 0 spiro atoms. The van der Waals surface area contributed by atoms with Crippen molar-refractivity contribution in [2.75, 3.05) is 0 Å². The molecule has 0 amide bonds. The number of hydrogen-bond acceptors (Lipinski definition) is 4. The third-order valence-electron chi connectivity index (χ3n) is 3.02. The van der Waals surface area contributed by atoms with Crippen molar-refractivity contribution >= 4 is 40.1 Å².